The first-order valence-electron chi connectivity index (χ1n) is 11.4. The number of aryl methyl sites for hydroxylation is 2. The van der Waals surface area contributed by atoms with Gasteiger partial charge < -0.3 is 9.30 Å². The Morgan fingerprint density at radius 2 is 1.68 bits per heavy atom. The molecule has 2 aromatic heterocycles. The fraction of sp³-hybridized carbons (Fsp3) is 0.269. The van der Waals surface area contributed by atoms with E-state index < -0.39 is 10.1 Å². The highest BCUT2D eigenvalue weighted by atomic mass is 32.2. The molecular formula is C26H28N3O4S+. The summed E-state index contributed by atoms with van der Waals surface area (Å²) >= 11 is 0. The van der Waals surface area contributed by atoms with Gasteiger partial charge in [-0.05, 0) is 24.3 Å². The second-order valence-electron chi connectivity index (χ2n) is 8.59. The maximum atomic E-state index is 11.3. The summed E-state index contributed by atoms with van der Waals surface area (Å²) in [6, 6.07) is 22.5. The second kappa shape index (κ2) is 8.77. The summed E-state index contributed by atoms with van der Waals surface area (Å²) in [5, 5.41) is 2.38. The largest absolute Gasteiger partial charge is 0.489 e. The van der Waals surface area contributed by atoms with Crippen molar-refractivity contribution in [3.63, 3.8) is 0 Å². The van der Waals surface area contributed by atoms with E-state index in [9.17, 15) is 13.0 Å². The van der Waals surface area contributed by atoms with Gasteiger partial charge in [-0.1, -0.05) is 36.4 Å². The molecule has 0 atom stereocenters. The SMILES string of the molecule is Cc1n(CCOc2ccccc2)c2cc3c4ccccc4n(C)c3cc2[n+]1CCCS(=O)(=O)O. The zero-order valence-corrected chi connectivity index (χ0v) is 20.1. The third-order valence-corrected chi connectivity index (χ3v) is 7.29. The lowest BCUT2D eigenvalue weighted by atomic mass is 10.1. The van der Waals surface area contributed by atoms with Gasteiger partial charge in [-0.25, -0.2) is 9.13 Å². The predicted molar refractivity (Wildman–Crippen MR) is 134 cm³/mol. The van der Waals surface area contributed by atoms with E-state index in [0.29, 0.717) is 26.1 Å². The van der Waals surface area contributed by atoms with Crippen molar-refractivity contribution in [2.24, 2.45) is 7.05 Å². The Morgan fingerprint density at radius 3 is 2.44 bits per heavy atom. The monoisotopic (exact) mass is 478 g/mol. The maximum absolute atomic E-state index is 11.3. The van der Waals surface area contributed by atoms with Gasteiger partial charge in [-0.15, -0.1) is 0 Å². The zero-order valence-electron chi connectivity index (χ0n) is 19.3. The van der Waals surface area contributed by atoms with Crippen molar-refractivity contribution in [1.29, 1.82) is 0 Å². The van der Waals surface area contributed by atoms with Crippen LogP contribution in [0.25, 0.3) is 32.8 Å². The maximum Gasteiger partial charge on any atom is 0.265 e. The number of ether oxygens (including phenoxy) is 1. The van der Waals surface area contributed by atoms with E-state index >= 15 is 0 Å². The smallest absolute Gasteiger partial charge is 0.265 e. The number of rotatable bonds is 8. The molecule has 5 aromatic rings. The van der Waals surface area contributed by atoms with Crippen LogP contribution in [0.3, 0.4) is 0 Å². The average Bonchev–Trinajstić information content (AvgIpc) is 3.24. The molecule has 0 aliphatic heterocycles. The average molecular weight is 479 g/mol. The molecule has 7 nitrogen and oxygen atoms in total. The van der Waals surface area contributed by atoms with Gasteiger partial charge >= 0.3 is 0 Å². The number of nitrogens with zero attached hydrogens (tertiary/aromatic N) is 3. The van der Waals surface area contributed by atoms with Crippen molar-refractivity contribution >= 4 is 43.0 Å². The quantitative estimate of drug-likeness (QED) is 0.267. The van der Waals surface area contributed by atoms with Crippen LogP contribution in [0.2, 0.25) is 0 Å². The third-order valence-electron chi connectivity index (χ3n) is 6.48. The van der Waals surface area contributed by atoms with Gasteiger partial charge in [0.25, 0.3) is 15.9 Å². The Labute approximate surface area is 198 Å². The first kappa shape index (κ1) is 22.4. The molecule has 0 unspecified atom stereocenters. The molecule has 0 fully saturated rings. The minimum absolute atomic E-state index is 0.264. The molecule has 5 rings (SSSR count). The molecule has 176 valence electrons. The fourth-order valence-corrected chi connectivity index (χ4v) is 5.34. The lowest BCUT2D eigenvalue weighted by Crippen LogP contribution is -2.37. The Hall–Kier alpha value is -3.36. The Kier molecular flexibility index (Phi) is 5.79. The van der Waals surface area contributed by atoms with Crippen molar-refractivity contribution in [2.75, 3.05) is 12.4 Å². The van der Waals surface area contributed by atoms with Crippen molar-refractivity contribution in [3.05, 3.63) is 72.6 Å². The Morgan fingerprint density at radius 1 is 0.941 bits per heavy atom. The van der Waals surface area contributed by atoms with Crippen molar-refractivity contribution < 1.29 is 22.3 Å². The summed E-state index contributed by atoms with van der Waals surface area (Å²) in [4.78, 5) is 0. The summed E-state index contributed by atoms with van der Waals surface area (Å²) in [5.74, 6) is 1.58. The van der Waals surface area contributed by atoms with Gasteiger partial charge in [-0.3, -0.25) is 4.55 Å². The minimum atomic E-state index is -4.00. The summed E-state index contributed by atoms with van der Waals surface area (Å²) in [7, 11) is -1.94. The number of fused-ring (bicyclic) bond motifs is 4. The first-order chi connectivity index (χ1) is 16.3. The van der Waals surface area contributed by atoms with Gasteiger partial charge in [-0.2, -0.15) is 8.42 Å². The highest BCUT2D eigenvalue weighted by Crippen LogP contribution is 2.31. The van der Waals surface area contributed by atoms with Gasteiger partial charge in [0.05, 0.1) is 17.8 Å². The van der Waals surface area contributed by atoms with E-state index in [0.717, 1.165) is 28.1 Å². The molecule has 0 aliphatic rings. The molecule has 1 N–H and O–H groups in total. The van der Waals surface area contributed by atoms with Crippen molar-refractivity contribution in [3.8, 4) is 5.75 Å². The van der Waals surface area contributed by atoms with E-state index in [1.54, 1.807) is 0 Å². The third kappa shape index (κ3) is 4.15. The molecule has 0 amide bonds. The molecule has 0 saturated heterocycles. The number of hydrogen-bond acceptors (Lipinski definition) is 3. The van der Waals surface area contributed by atoms with Crippen LogP contribution in [-0.2, 0) is 30.3 Å². The van der Waals surface area contributed by atoms with E-state index in [1.165, 1.54) is 16.3 Å². The van der Waals surface area contributed by atoms with Crippen molar-refractivity contribution in [1.82, 2.24) is 9.13 Å². The number of benzene rings is 3. The number of imidazole rings is 1. The van der Waals surface area contributed by atoms with Crippen LogP contribution in [0.4, 0.5) is 0 Å². The summed E-state index contributed by atoms with van der Waals surface area (Å²) in [6.07, 6.45) is 0.330. The molecule has 0 saturated carbocycles. The number of hydrogen-bond donors (Lipinski definition) is 1. The van der Waals surface area contributed by atoms with Crippen LogP contribution in [0, 0.1) is 6.92 Å². The lowest BCUT2D eigenvalue weighted by molar-refractivity contribution is -0.678. The van der Waals surface area contributed by atoms with Gasteiger partial charge in [0.1, 0.15) is 18.9 Å². The minimum Gasteiger partial charge on any atom is -0.489 e. The summed E-state index contributed by atoms with van der Waals surface area (Å²) < 4.78 is 44.3. The molecular weight excluding hydrogens is 450 g/mol. The molecule has 34 heavy (non-hydrogen) atoms. The first-order valence-corrected chi connectivity index (χ1v) is 13.0. The summed E-state index contributed by atoms with van der Waals surface area (Å²) in [6.45, 7) is 3.69. The topological polar surface area (TPSA) is 77.3 Å². The molecule has 2 heterocycles. The van der Waals surface area contributed by atoms with Crippen LogP contribution in [0.5, 0.6) is 5.75 Å². The lowest BCUT2D eigenvalue weighted by Gasteiger charge is -2.05. The zero-order chi connectivity index (χ0) is 23.9. The van der Waals surface area contributed by atoms with E-state index in [2.05, 4.69) is 51.1 Å². The van der Waals surface area contributed by atoms with Gasteiger partial charge in [0.15, 0.2) is 11.0 Å². The van der Waals surface area contributed by atoms with Crippen molar-refractivity contribution in [2.45, 2.75) is 26.4 Å². The Bertz CT molecular complexity index is 1600. The molecule has 3 aromatic carbocycles. The van der Waals surface area contributed by atoms with Gasteiger partial charge in [0, 0.05) is 42.7 Å². The molecule has 0 spiro atoms. The Balaban J connectivity index is 1.60. The van der Waals surface area contributed by atoms with E-state index in [1.807, 2.05) is 43.3 Å². The van der Waals surface area contributed by atoms with Crippen LogP contribution in [-0.4, -0.2) is 34.5 Å². The highest BCUT2D eigenvalue weighted by Gasteiger charge is 2.24. The van der Waals surface area contributed by atoms with Crippen LogP contribution in [0.15, 0.2) is 66.7 Å². The molecule has 8 heteroatoms. The normalized spacial score (nSPS) is 12.2. The molecule has 0 aliphatic carbocycles. The predicted octanol–water partition coefficient (Wildman–Crippen LogP) is 4.24. The molecule has 0 radical (unpaired) electrons. The van der Waals surface area contributed by atoms with Crippen LogP contribution in [0.1, 0.15) is 12.2 Å². The highest BCUT2D eigenvalue weighted by molar-refractivity contribution is 7.85. The standard InChI is InChI=1S/C26H27N3O4S/c1-19-28(13-8-16-34(30,31)32)26-18-24-22(21-11-6-7-12-23(21)27(24)2)17-25(26)29(19)14-15-33-20-9-4-3-5-10-20/h3-7,9-12,17-18H,8,13-16H2,1-2H3/p+1. The molecule has 0 bridgehead atoms. The van der Waals surface area contributed by atoms with Crippen LogP contribution < -0.4 is 9.30 Å². The van der Waals surface area contributed by atoms with Gasteiger partial charge in [0.2, 0.25) is 0 Å². The fourth-order valence-electron chi connectivity index (χ4n) is 4.85. The number of para-hydroxylation sites is 2. The van der Waals surface area contributed by atoms with E-state index in [-0.39, 0.29) is 5.75 Å². The van der Waals surface area contributed by atoms with Crippen LogP contribution >= 0.6 is 0 Å². The van der Waals surface area contributed by atoms with E-state index in [4.69, 9.17) is 4.74 Å². The summed E-state index contributed by atoms with van der Waals surface area (Å²) in [5.41, 5.74) is 4.39. The second-order valence-corrected chi connectivity index (χ2v) is 10.2. The number of aromatic nitrogens is 3.